The van der Waals surface area contributed by atoms with Gasteiger partial charge in [0.15, 0.2) is 11.1 Å². The molecule has 2 heterocycles. The van der Waals surface area contributed by atoms with E-state index in [0.29, 0.717) is 35.6 Å². The fourth-order valence-corrected chi connectivity index (χ4v) is 5.15. The van der Waals surface area contributed by atoms with Crippen LogP contribution < -0.4 is 10.2 Å². The number of fused-ring (bicyclic) bond motifs is 1. The summed E-state index contributed by atoms with van der Waals surface area (Å²) in [6.45, 7) is 4.26. The average molecular weight is 465 g/mol. The number of benzene rings is 2. The van der Waals surface area contributed by atoms with E-state index in [9.17, 15) is 18.5 Å². The maximum atomic E-state index is 13.5. The van der Waals surface area contributed by atoms with Gasteiger partial charge in [-0.2, -0.15) is 5.26 Å². The van der Waals surface area contributed by atoms with Crippen LogP contribution in [-0.4, -0.2) is 62.4 Å². The van der Waals surface area contributed by atoms with Gasteiger partial charge in [-0.15, -0.1) is 0 Å². The molecule has 1 fully saturated rings. The van der Waals surface area contributed by atoms with Gasteiger partial charge in [0, 0.05) is 38.8 Å². The molecule has 1 aromatic heterocycles. The summed E-state index contributed by atoms with van der Waals surface area (Å²) in [6, 6.07) is 14.9. The van der Waals surface area contributed by atoms with Crippen LogP contribution in [0.2, 0.25) is 0 Å². The molecule has 0 saturated carbocycles. The highest BCUT2D eigenvalue weighted by molar-refractivity contribution is 7.92. The van der Waals surface area contributed by atoms with Crippen LogP contribution in [0.4, 0.5) is 11.5 Å². The summed E-state index contributed by atoms with van der Waals surface area (Å²) in [5.74, 6) is 0.163. The van der Waals surface area contributed by atoms with Crippen molar-refractivity contribution in [2.75, 3.05) is 43.4 Å². The number of anilines is 2. The quantitative estimate of drug-likeness (QED) is 0.611. The molecule has 0 radical (unpaired) electrons. The topological polar surface area (TPSA) is 119 Å². The number of nitriles is 1. The molecule has 4 rings (SSSR count). The Balaban J connectivity index is 1.80. The minimum Gasteiger partial charge on any atom is -0.352 e. The molecular weight excluding hydrogens is 440 g/mol. The Bertz CT molecular complexity index is 1330. The van der Waals surface area contributed by atoms with Crippen molar-refractivity contribution in [1.82, 2.24) is 14.9 Å². The van der Waals surface area contributed by atoms with Crippen molar-refractivity contribution in [3.8, 4) is 6.07 Å². The third-order valence-corrected chi connectivity index (χ3v) is 7.44. The molecule has 0 bridgehead atoms. The lowest BCUT2D eigenvalue weighted by molar-refractivity contribution is -0.114. The molecule has 1 N–H and O–H groups in total. The van der Waals surface area contributed by atoms with Crippen LogP contribution in [0.15, 0.2) is 53.4 Å². The predicted molar refractivity (Wildman–Crippen MR) is 126 cm³/mol. The van der Waals surface area contributed by atoms with Crippen molar-refractivity contribution >= 4 is 38.3 Å². The first-order valence-corrected chi connectivity index (χ1v) is 12.1. The Morgan fingerprint density at radius 3 is 2.21 bits per heavy atom. The number of hydrogen-bond acceptors (Lipinski definition) is 8. The van der Waals surface area contributed by atoms with Gasteiger partial charge in [-0.3, -0.25) is 4.79 Å². The van der Waals surface area contributed by atoms with E-state index in [2.05, 4.69) is 15.2 Å². The van der Waals surface area contributed by atoms with Crippen LogP contribution in [0.1, 0.15) is 17.9 Å². The zero-order valence-corrected chi connectivity index (χ0v) is 19.2. The van der Waals surface area contributed by atoms with Gasteiger partial charge >= 0.3 is 0 Å². The number of amides is 1. The SMILES string of the molecule is CC(=O)Nc1ccc(S(=O)(=O)C(C#N)c2nc3ccccc3nc2N2CCN(C)CC2)cc1. The van der Waals surface area contributed by atoms with E-state index in [1.54, 1.807) is 12.1 Å². The first-order valence-electron chi connectivity index (χ1n) is 10.5. The number of hydrogen-bond donors (Lipinski definition) is 1. The normalized spacial score (nSPS) is 15.7. The van der Waals surface area contributed by atoms with Crippen molar-refractivity contribution in [3.63, 3.8) is 0 Å². The van der Waals surface area contributed by atoms with Crippen molar-refractivity contribution in [3.05, 3.63) is 54.2 Å². The molecule has 1 aliphatic rings. The van der Waals surface area contributed by atoms with Crippen LogP contribution in [0.5, 0.6) is 0 Å². The number of carbonyl (C=O) groups excluding carboxylic acids is 1. The van der Waals surface area contributed by atoms with Gasteiger partial charge in [0.1, 0.15) is 5.69 Å². The molecule has 170 valence electrons. The van der Waals surface area contributed by atoms with Crippen LogP contribution in [0, 0.1) is 11.3 Å². The van der Waals surface area contributed by atoms with Crippen molar-refractivity contribution < 1.29 is 13.2 Å². The van der Waals surface area contributed by atoms with Gasteiger partial charge in [0.05, 0.1) is 22.0 Å². The number of aromatic nitrogens is 2. The lowest BCUT2D eigenvalue weighted by Gasteiger charge is -2.34. The molecule has 1 unspecified atom stereocenters. The van der Waals surface area contributed by atoms with Gasteiger partial charge in [-0.25, -0.2) is 18.4 Å². The Morgan fingerprint density at radius 1 is 1.03 bits per heavy atom. The molecule has 9 nitrogen and oxygen atoms in total. The summed E-state index contributed by atoms with van der Waals surface area (Å²) < 4.78 is 27.0. The molecule has 1 amide bonds. The van der Waals surface area contributed by atoms with Gasteiger partial charge in [-0.05, 0) is 43.4 Å². The second-order valence-electron chi connectivity index (χ2n) is 7.97. The first kappa shape index (κ1) is 22.6. The fraction of sp³-hybridized carbons (Fsp3) is 0.304. The Labute approximate surface area is 192 Å². The third-order valence-electron chi connectivity index (χ3n) is 5.56. The van der Waals surface area contributed by atoms with Crippen LogP contribution in [0.25, 0.3) is 11.0 Å². The maximum Gasteiger partial charge on any atom is 0.221 e. The monoisotopic (exact) mass is 464 g/mol. The molecule has 0 aliphatic carbocycles. The van der Waals surface area contributed by atoms with E-state index in [1.807, 2.05) is 30.1 Å². The molecule has 0 spiro atoms. The lowest BCUT2D eigenvalue weighted by atomic mass is 10.2. The summed E-state index contributed by atoms with van der Waals surface area (Å²) in [4.78, 5) is 24.7. The summed E-state index contributed by atoms with van der Waals surface area (Å²) in [7, 11) is -2.08. The fourth-order valence-electron chi connectivity index (χ4n) is 3.78. The molecule has 1 saturated heterocycles. The van der Waals surface area contributed by atoms with Gasteiger partial charge in [0.25, 0.3) is 0 Å². The molecule has 1 aliphatic heterocycles. The van der Waals surface area contributed by atoms with Gasteiger partial charge in [-0.1, -0.05) is 12.1 Å². The summed E-state index contributed by atoms with van der Waals surface area (Å²) >= 11 is 0. The molecule has 2 aromatic carbocycles. The Morgan fingerprint density at radius 2 is 1.64 bits per heavy atom. The number of nitrogens with zero attached hydrogens (tertiary/aromatic N) is 5. The highest BCUT2D eigenvalue weighted by Crippen LogP contribution is 2.34. The van der Waals surface area contributed by atoms with E-state index < -0.39 is 15.1 Å². The first-order chi connectivity index (χ1) is 15.8. The van der Waals surface area contributed by atoms with Crippen LogP contribution in [-0.2, 0) is 14.6 Å². The van der Waals surface area contributed by atoms with Crippen molar-refractivity contribution in [1.29, 1.82) is 5.26 Å². The minimum absolute atomic E-state index is 0.0255. The van der Waals surface area contributed by atoms with Gasteiger partial charge in [0.2, 0.25) is 15.7 Å². The second-order valence-corrected chi connectivity index (χ2v) is 10.0. The number of sulfone groups is 1. The van der Waals surface area contributed by atoms with Crippen LogP contribution in [0.3, 0.4) is 0 Å². The number of piperazine rings is 1. The number of para-hydroxylation sites is 2. The Kier molecular flexibility index (Phi) is 6.26. The smallest absolute Gasteiger partial charge is 0.221 e. The summed E-state index contributed by atoms with van der Waals surface area (Å²) in [5.41, 5.74) is 1.77. The molecule has 10 heteroatoms. The highest BCUT2D eigenvalue weighted by atomic mass is 32.2. The van der Waals surface area contributed by atoms with E-state index >= 15 is 0 Å². The zero-order valence-electron chi connectivity index (χ0n) is 18.4. The summed E-state index contributed by atoms with van der Waals surface area (Å²) in [6.07, 6.45) is 0. The van der Waals surface area contributed by atoms with E-state index in [4.69, 9.17) is 4.98 Å². The van der Waals surface area contributed by atoms with Crippen molar-refractivity contribution in [2.45, 2.75) is 17.1 Å². The van der Waals surface area contributed by atoms with E-state index in [-0.39, 0.29) is 16.5 Å². The van der Waals surface area contributed by atoms with Crippen molar-refractivity contribution in [2.24, 2.45) is 0 Å². The number of likely N-dealkylation sites (N-methyl/N-ethyl adjacent to an activating group) is 1. The number of nitrogens with one attached hydrogen (secondary N) is 1. The molecule has 33 heavy (non-hydrogen) atoms. The predicted octanol–water partition coefficient (Wildman–Crippen LogP) is 2.38. The molecular formula is C23H24N6O3S. The molecule has 1 atom stereocenters. The van der Waals surface area contributed by atoms with Crippen LogP contribution >= 0.6 is 0 Å². The average Bonchev–Trinajstić information content (AvgIpc) is 2.79. The second kappa shape index (κ2) is 9.13. The minimum atomic E-state index is -4.10. The van der Waals surface area contributed by atoms with E-state index in [1.165, 1.54) is 31.2 Å². The van der Waals surface area contributed by atoms with E-state index in [0.717, 1.165) is 13.1 Å². The summed E-state index contributed by atoms with van der Waals surface area (Å²) in [5, 5.41) is 11.1. The number of carbonyl (C=O) groups is 1. The maximum absolute atomic E-state index is 13.5. The Hall–Kier alpha value is -3.55. The standard InChI is InChI=1S/C23H24N6O3S/c1-16(30)25-17-7-9-18(10-8-17)33(31,32)21(15-24)22-23(29-13-11-28(2)12-14-29)27-20-6-4-3-5-19(20)26-22/h3-10,21H,11-14H2,1-2H3,(H,25,30). The number of rotatable bonds is 5. The van der Waals surface area contributed by atoms with Gasteiger partial charge < -0.3 is 15.1 Å². The molecule has 3 aromatic rings. The highest BCUT2D eigenvalue weighted by Gasteiger charge is 2.35. The lowest BCUT2D eigenvalue weighted by Crippen LogP contribution is -2.45. The third kappa shape index (κ3) is 4.65. The largest absolute Gasteiger partial charge is 0.352 e. The zero-order chi connectivity index (χ0) is 23.6.